The van der Waals surface area contributed by atoms with Crippen LogP contribution in [0.2, 0.25) is 5.02 Å². The van der Waals surface area contributed by atoms with Crippen LogP contribution in [-0.2, 0) is 22.4 Å². The summed E-state index contributed by atoms with van der Waals surface area (Å²) in [6.07, 6.45) is 3.46. The van der Waals surface area contributed by atoms with Gasteiger partial charge in [0.25, 0.3) is 5.91 Å². The maximum atomic E-state index is 13.2. The van der Waals surface area contributed by atoms with Crippen LogP contribution in [0.5, 0.6) is 0 Å². The first kappa shape index (κ1) is 24.4. The lowest BCUT2D eigenvalue weighted by molar-refractivity contribution is -0.135. The minimum Gasteiger partial charge on any atom is -0.273 e. The Morgan fingerprint density at radius 2 is 1.63 bits per heavy atom. The number of halogens is 1. The van der Waals surface area contributed by atoms with Crippen molar-refractivity contribution in [2.45, 2.75) is 33.1 Å². The van der Waals surface area contributed by atoms with E-state index in [1.807, 2.05) is 48.5 Å². The number of benzene rings is 3. The molecule has 35 heavy (non-hydrogen) atoms. The summed E-state index contributed by atoms with van der Waals surface area (Å²) in [7, 11) is 0. The van der Waals surface area contributed by atoms with E-state index in [4.69, 9.17) is 11.6 Å². The summed E-state index contributed by atoms with van der Waals surface area (Å²) in [6, 6.07) is 24.9. The van der Waals surface area contributed by atoms with Crippen molar-refractivity contribution in [1.29, 1.82) is 0 Å². The van der Waals surface area contributed by atoms with E-state index in [2.05, 4.69) is 48.5 Å². The minimum absolute atomic E-state index is 0.182. The first-order valence-electron chi connectivity index (χ1n) is 11.7. The fourth-order valence-electron chi connectivity index (χ4n) is 3.90. The average Bonchev–Trinajstić information content (AvgIpc) is 2.86. The van der Waals surface area contributed by atoms with Gasteiger partial charge >= 0.3 is 0 Å². The fourth-order valence-corrected chi connectivity index (χ4v) is 4.09. The average molecular weight is 486 g/mol. The summed E-state index contributed by atoms with van der Waals surface area (Å²) in [5, 5.41) is 1.77. The molecule has 1 aliphatic heterocycles. The molecular formula is C29H28ClN3O2. The van der Waals surface area contributed by atoms with Crippen LogP contribution in [0.1, 0.15) is 42.5 Å². The third-order valence-electron chi connectivity index (χ3n) is 5.66. The van der Waals surface area contributed by atoms with Crippen LogP contribution in [-0.4, -0.2) is 22.7 Å². The molecule has 0 bridgehead atoms. The molecule has 0 fully saturated rings. The minimum atomic E-state index is -0.462. The topological polar surface area (TPSA) is 61.8 Å². The van der Waals surface area contributed by atoms with Crippen molar-refractivity contribution in [3.05, 3.63) is 112 Å². The number of amidine groups is 1. The van der Waals surface area contributed by atoms with Gasteiger partial charge in [-0.2, -0.15) is 0 Å². The maximum Gasteiger partial charge on any atom is 0.288 e. The molecule has 1 N–H and O–H groups in total. The Morgan fingerprint density at radius 3 is 2.31 bits per heavy atom. The summed E-state index contributed by atoms with van der Waals surface area (Å²) in [6.45, 7) is 4.39. The quantitative estimate of drug-likeness (QED) is 0.428. The van der Waals surface area contributed by atoms with Gasteiger partial charge < -0.3 is 0 Å². The Balaban J connectivity index is 1.57. The number of aryl methyl sites for hydroxylation is 1. The van der Waals surface area contributed by atoms with Crippen LogP contribution in [0.4, 0.5) is 0 Å². The maximum absolute atomic E-state index is 13.2. The molecule has 0 atom stereocenters. The molecule has 0 aliphatic carbocycles. The first-order valence-corrected chi connectivity index (χ1v) is 12.1. The lowest BCUT2D eigenvalue weighted by Gasteiger charge is -2.29. The second-order valence-electron chi connectivity index (χ2n) is 8.94. The summed E-state index contributed by atoms with van der Waals surface area (Å²) in [5.74, 6) is 0.276. The number of amides is 2. The Morgan fingerprint density at radius 1 is 0.971 bits per heavy atom. The van der Waals surface area contributed by atoms with E-state index in [0.717, 1.165) is 17.5 Å². The summed E-state index contributed by atoms with van der Waals surface area (Å²) in [5.41, 5.74) is 6.67. The second kappa shape index (κ2) is 11.2. The normalized spacial score (nSPS) is 14.7. The zero-order valence-corrected chi connectivity index (χ0v) is 20.6. The van der Waals surface area contributed by atoms with Crippen molar-refractivity contribution in [3.63, 3.8) is 0 Å². The van der Waals surface area contributed by atoms with E-state index < -0.39 is 5.91 Å². The van der Waals surface area contributed by atoms with Gasteiger partial charge in [0.2, 0.25) is 5.91 Å². The number of carbonyl (C=O) groups is 2. The molecule has 0 saturated heterocycles. The Kier molecular flexibility index (Phi) is 7.78. The molecule has 0 aromatic heterocycles. The summed E-state index contributed by atoms with van der Waals surface area (Å²) >= 11 is 6.27. The number of nitrogens with zero attached hydrogens (tertiary/aromatic N) is 2. The number of hydrogen-bond donors (Lipinski definition) is 1. The Bertz CT molecular complexity index is 1260. The smallest absolute Gasteiger partial charge is 0.273 e. The van der Waals surface area contributed by atoms with Gasteiger partial charge in [-0.1, -0.05) is 98.2 Å². The van der Waals surface area contributed by atoms with Gasteiger partial charge in [0.15, 0.2) is 5.84 Å². The largest absolute Gasteiger partial charge is 0.288 e. The molecule has 2 amide bonds. The van der Waals surface area contributed by atoms with Gasteiger partial charge in [-0.25, -0.2) is 10.0 Å². The Labute approximate surface area is 211 Å². The van der Waals surface area contributed by atoms with Crippen molar-refractivity contribution < 1.29 is 9.59 Å². The molecule has 178 valence electrons. The molecule has 3 aromatic carbocycles. The van der Waals surface area contributed by atoms with E-state index in [-0.39, 0.29) is 18.0 Å². The molecule has 0 unspecified atom stereocenters. The highest BCUT2D eigenvalue weighted by Crippen LogP contribution is 2.22. The van der Waals surface area contributed by atoms with E-state index in [1.165, 1.54) is 10.6 Å². The highest BCUT2D eigenvalue weighted by molar-refractivity contribution is 6.32. The lowest BCUT2D eigenvalue weighted by atomic mass is 10.0. The van der Waals surface area contributed by atoms with Crippen LogP contribution in [0.15, 0.2) is 89.6 Å². The van der Waals surface area contributed by atoms with Gasteiger partial charge in [-0.15, -0.1) is 0 Å². The number of aliphatic imine (C=N–C) groups is 1. The molecule has 1 aliphatic rings. The van der Waals surface area contributed by atoms with Gasteiger partial charge in [-0.3, -0.25) is 15.0 Å². The highest BCUT2D eigenvalue weighted by atomic mass is 35.5. The zero-order chi connectivity index (χ0) is 24.8. The van der Waals surface area contributed by atoms with Crippen molar-refractivity contribution in [3.8, 4) is 0 Å². The molecule has 0 spiro atoms. The molecule has 0 saturated carbocycles. The lowest BCUT2D eigenvalue weighted by Crippen LogP contribution is -2.53. The molecular weight excluding hydrogens is 458 g/mol. The van der Waals surface area contributed by atoms with Crippen LogP contribution in [0.3, 0.4) is 0 Å². The van der Waals surface area contributed by atoms with Gasteiger partial charge in [0.1, 0.15) is 5.70 Å². The number of nitrogens with one attached hydrogen (secondary N) is 1. The monoisotopic (exact) mass is 485 g/mol. The molecule has 1 heterocycles. The molecule has 5 nitrogen and oxygen atoms in total. The van der Waals surface area contributed by atoms with Crippen molar-refractivity contribution in [2.75, 3.05) is 0 Å². The molecule has 6 heteroatoms. The van der Waals surface area contributed by atoms with Crippen LogP contribution < -0.4 is 5.43 Å². The summed E-state index contributed by atoms with van der Waals surface area (Å²) in [4.78, 5) is 30.7. The fraction of sp³-hybridized carbons (Fsp3) is 0.207. The van der Waals surface area contributed by atoms with Crippen LogP contribution >= 0.6 is 11.6 Å². The third kappa shape index (κ3) is 6.25. The van der Waals surface area contributed by atoms with Gasteiger partial charge in [0.05, 0.1) is 0 Å². The summed E-state index contributed by atoms with van der Waals surface area (Å²) < 4.78 is 0. The number of carbonyl (C=O) groups excluding carboxylic acids is 2. The van der Waals surface area contributed by atoms with Gasteiger partial charge in [0, 0.05) is 17.0 Å². The van der Waals surface area contributed by atoms with Gasteiger partial charge in [-0.05, 0) is 47.6 Å². The molecule has 0 radical (unpaired) electrons. The number of hydrogen-bond acceptors (Lipinski definition) is 3. The standard InChI is InChI=1S/C29H28ClN3O2/c1-20(2)18-22-14-12-21(13-15-22)16-17-27(34)33-28(23-8-4-3-5-9-23)31-26(29(35)32-33)19-24-10-6-7-11-25(24)30/h3-15,19-20H,16-18H2,1-2H3,(H,32,35)/b26-19+. The van der Waals surface area contributed by atoms with Crippen LogP contribution in [0.25, 0.3) is 6.08 Å². The van der Waals surface area contributed by atoms with E-state index in [9.17, 15) is 9.59 Å². The number of hydrazine groups is 1. The van der Waals surface area contributed by atoms with Crippen molar-refractivity contribution in [2.24, 2.45) is 10.9 Å². The van der Waals surface area contributed by atoms with E-state index in [1.54, 1.807) is 12.1 Å². The second-order valence-corrected chi connectivity index (χ2v) is 9.34. The SMILES string of the molecule is CC(C)Cc1ccc(CCC(=O)N2NC(=O)/C(=C\c3ccccc3Cl)N=C2c2ccccc2)cc1. The number of rotatable bonds is 7. The zero-order valence-electron chi connectivity index (χ0n) is 19.9. The molecule has 4 rings (SSSR count). The van der Waals surface area contributed by atoms with Crippen molar-refractivity contribution >= 4 is 35.3 Å². The van der Waals surface area contributed by atoms with Crippen molar-refractivity contribution in [1.82, 2.24) is 10.4 Å². The van der Waals surface area contributed by atoms with E-state index in [0.29, 0.717) is 28.8 Å². The highest BCUT2D eigenvalue weighted by Gasteiger charge is 2.29. The van der Waals surface area contributed by atoms with E-state index >= 15 is 0 Å². The Hall–Kier alpha value is -3.70. The third-order valence-corrected chi connectivity index (χ3v) is 6.00. The predicted molar refractivity (Wildman–Crippen MR) is 141 cm³/mol. The molecule has 3 aromatic rings. The predicted octanol–water partition coefficient (Wildman–Crippen LogP) is 5.83. The van der Waals surface area contributed by atoms with Crippen LogP contribution in [0, 0.1) is 5.92 Å². The first-order chi connectivity index (χ1) is 16.9.